The summed E-state index contributed by atoms with van der Waals surface area (Å²) in [5, 5.41) is 2.79. The Hall–Kier alpha value is -0.970. The van der Waals surface area contributed by atoms with E-state index in [-0.39, 0.29) is 5.91 Å². The molecule has 1 saturated carbocycles. The molecule has 0 unspecified atom stereocenters. The van der Waals surface area contributed by atoms with E-state index in [1.54, 1.807) is 0 Å². The van der Waals surface area contributed by atoms with Crippen molar-refractivity contribution in [2.45, 2.75) is 39.0 Å². The molecule has 1 rings (SSSR count). The molecule has 0 atom stereocenters. The minimum absolute atomic E-state index is 0.278. The lowest BCUT2D eigenvalue weighted by atomic mass is 9.83. The Morgan fingerprint density at radius 3 is 2.62 bits per heavy atom. The second-order valence-electron chi connectivity index (χ2n) is 3.89. The van der Waals surface area contributed by atoms with Crippen LogP contribution < -0.4 is 5.32 Å². The minimum atomic E-state index is -0.278. The first-order valence-electron chi connectivity index (χ1n) is 4.97. The van der Waals surface area contributed by atoms with Gasteiger partial charge in [-0.1, -0.05) is 19.8 Å². The Kier molecular flexibility index (Phi) is 3.36. The third-order valence-electron chi connectivity index (χ3n) is 3.17. The molecule has 2 nitrogen and oxygen atoms in total. The van der Waals surface area contributed by atoms with Crippen molar-refractivity contribution >= 4 is 5.91 Å². The van der Waals surface area contributed by atoms with Gasteiger partial charge in [-0.15, -0.1) is 6.42 Å². The first kappa shape index (κ1) is 10.1. The van der Waals surface area contributed by atoms with Crippen LogP contribution in [0.25, 0.3) is 0 Å². The summed E-state index contributed by atoms with van der Waals surface area (Å²) in [4.78, 5) is 10.9. The van der Waals surface area contributed by atoms with Gasteiger partial charge in [0.25, 0.3) is 5.91 Å². The maximum Gasteiger partial charge on any atom is 0.295 e. The number of amides is 1. The Balaban J connectivity index is 2.41. The van der Waals surface area contributed by atoms with Gasteiger partial charge in [0.15, 0.2) is 0 Å². The van der Waals surface area contributed by atoms with Crippen molar-refractivity contribution in [1.29, 1.82) is 0 Å². The normalized spacial score (nSPS) is 19.4. The fourth-order valence-corrected chi connectivity index (χ4v) is 2.10. The van der Waals surface area contributed by atoms with E-state index >= 15 is 0 Å². The zero-order chi connectivity index (χ0) is 9.73. The van der Waals surface area contributed by atoms with Crippen LogP contribution in [0, 0.1) is 17.8 Å². The number of terminal acetylenes is 1. The third-order valence-corrected chi connectivity index (χ3v) is 3.17. The van der Waals surface area contributed by atoms with Crippen molar-refractivity contribution in [2.24, 2.45) is 5.41 Å². The van der Waals surface area contributed by atoms with Gasteiger partial charge in [-0.25, -0.2) is 0 Å². The zero-order valence-corrected chi connectivity index (χ0v) is 8.23. The quantitative estimate of drug-likeness (QED) is 0.656. The Morgan fingerprint density at radius 2 is 2.15 bits per heavy atom. The van der Waals surface area contributed by atoms with Crippen LogP contribution in [0.5, 0.6) is 0 Å². The van der Waals surface area contributed by atoms with E-state index in [1.165, 1.54) is 25.7 Å². The molecule has 1 N–H and O–H groups in total. The number of nitrogens with one attached hydrogen (secondary N) is 1. The molecule has 1 aliphatic carbocycles. The predicted octanol–water partition coefficient (Wildman–Crippen LogP) is 1.71. The second kappa shape index (κ2) is 4.32. The molecular formula is C11H17NO. The monoisotopic (exact) mass is 179 g/mol. The molecule has 2 heteroatoms. The molecule has 0 bridgehead atoms. The van der Waals surface area contributed by atoms with Gasteiger partial charge in [-0.3, -0.25) is 4.79 Å². The van der Waals surface area contributed by atoms with Gasteiger partial charge in [0, 0.05) is 6.54 Å². The first-order valence-corrected chi connectivity index (χ1v) is 4.97. The number of hydrogen-bond donors (Lipinski definition) is 1. The van der Waals surface area contributed by atoms with Crippen LogP contribution in [-0.2, 0) is 4.79 Å². The van der Waals surface area contributed by atoms with Gasteiger partial charge in [-0.05, 0) is 30.6 Å². The number of carbonyl (C=O) groups excluding carboxylic acids is 1. The summed E-state index contributed by atoms with van der Waals surface area (Å²) in [5.41, 5.74) is 0.340. The fourth-order valence-electron chi connectivity index (χ4n) is 2.10. The minimum Gasteiger partial charge on any atom is -0.345 e. The average molecular weight is 179 g/mol. The van der Waals surface area contributed by atoms with Gasteiger partial charge >= 0.3 is 0 Å². The predicted molar refractivity (Wildman–Crippen MR) is 53.0 cm³/mol. The maximum atomic E-state index is 10.9. The summed E-state index contributed by atoms with van der Waals surface area (Å²) in [6.45, 7) is 2.94. The number of hydrogen-bond acceptors (Lipinski definition) is 1. The molecule has 72 valence electrons. The van der Waals surface area contributed by atoms with Crippen molar-refractivity contribution in [3.63, 3.8) is 0 Å². The van der Waals surface area contributed by atoms with E-state index in [0.717, 1.165) is 13.0 Å². The molecule has 1 amide bonds. The lowest BCUT2D eigenvalue weighted by Gasteiger charge is -2.27. The van der Waals surface area contributed by atoms with Gasteiger partial charge in [0.05, 0.1) is 0 Å². The van der Waals surface area contributed by atoms with Crippen molar-refractivity contribution in [2.75, 3.05) is 6.54 Å². The number of rotatable bonds is 3. The molecule has 0 aromatic rings. The molecule has 0 aromatic carbocycles. The van der Waals surface area contributed by atoms with Crippen LogP contribution in [0.4, 0.5) is 0 Å². The third kappa shape index (κ3) is 2.48. The van der Waals surface area contributed by atoms with Crippen LogP contribution in [0.1, 0.15) is 39.0 Å². The van der Waals surface area contributed by atoms with E-state index in [0.29, 0.717) is 5.41 Å². The van der Waals surface area contributed by atoms with Gasteiger partial charge in [0.2, 0.25) is 0 Å². The highest BCUT2D eigenvalue weighted by Gasteiger charge is 2.31. The summed E-state index contributed by atoms with van der Waals surface area (Å²) in [6, 6.07) is 0. The van der Waals surface area contributed by atoms with Crippen LogP contribution in [-0.4, -0.2) is 12.5 Å². The maximum absolute atomic E-state index is 10.9. The Morgan fingerprint density at radius 1 is 1.54 bits per heavy atom. The summed E-state index contributed by atoms with van der Waals surface area (Å²) >= 11 is 0. The average Bonchev–Trinajstić information content (AvgIpc) is 2.63. The van der Waals surface area contributed by atoms with Gasteiger partial charge in [0.1, 0.15) is 0 Å². The summed E-state index contributed by atoms with van der Waals surface area (Å²) in [7, 11) is 0. The summed E-state index contributed by atoms with van der Waals surface area (Å²) in [6.07, 6.45) is 11.2. The largest absolute Gasteiger partial charge is 0.345 e. The smallest absolute Gasteiger partial charge is 0.295 e. The molecule has 0 saturated heterocycles. The van der Waals surface area contributed by atoms with Gasteiger partial charge < -0.3 is 5.32 Å². The molecule has 0 aromatic heterocycles. The Labute approximate surface area is 80.1 Å². The molecule has 0 spiro atoms. The van der Waals surface area contributed by atoms with Crippen molar-refractivity contribution in [3.05, 3.63) is 0 Å². The summed E-state index contributed by atoms with van der Waals surface area (Å²) < 4.78 is 0. The van der Waals surface area contributed by atoms with E-state index in [1.807, 2.05) is 0 Å². The molecule has 13 heavy (non-hydrogen) atoms. The van der Waals surface area contributed by atoms with Crippen LogP contribution in [0.15, 0.2) is 0 Å². The van der Waals surface area contributed by atoms with Crippen LogP contribution in [0.3, 0.4) is 0 Å². The van der Waals surface area contributed by atoms with E-state index in [9.17, 15) is 4.79 Å². The molecule has 0 heterocycles. The van der Waals surface area contributed by atoms with Crippen molar-refractivity contribution in [3.8, 4) is 12.3 Å². The number of carbonyl (C=O) groups is 1. The molecular weight excluding hydrogens is 162 g/mol. The standard InChI is InChI=1S/C11H17NO/c1-3-10(13)12-9-11(4-2)7-5-6-8-11/h1H,4-9H2,2H3,(H,12,13). The van der Waals surface area contributed by atoms with Crippen LogP contribution >= 0.6 is 0 Å². The molecule has 0 aliphatic heterocycles. The first-order chi connectivity index (χ1) is 6.22. The lowest BCUT2D eigenvalue weighted by Crippen LogP contribution is -2.34. The summed E-state index contributed by atoms with van der Waals surface area (Å²) in [5.74, 6) is 1.80. The van der Waals surface area contributed by atoms with Crippen molar-refractivity contribution < 1.29 is 4.79 Å². The highest BCUT2D eigenvalue weighted by Crippen LogP contribution is 2.40. The van der Waals surface area contributed by atoms with E-state index in [4.69, 9.17) is 6.42 Å². The van der Waals surface area contributed by atoms with Gasteiger partial charge in [-0.2, -0.15) is 0 Å². The van der Waals surface area contributed by atoms with Crippen molar-refractivity contribution in [1.82, 2.24) is 5.32 Å². The van der Waals surface area contributed by atoms with E-state index < -0.39 is 0 Å². The lowest BCUT2D eigenvalue weighted by molar-refractivity contribution is -0.116. The highest BCUT2D eigenvalue weighted by molar-refractivity contribution is 5.92. The highest BCUT2D eigenvalue weighted by atomic mass is 16.1. The topological polar surface area (TPSA) is 29.1 Å². The molecule has 1 fully saturated rings. The van der Waals surface area contributed by atoms with E-state index in [2.05, 4.69) is 18.2 Å². The molecule has 1 aliphatic rings. The fraction of sp³-hybridized carbons (Fsp3) is 0.727. The SMILES string of the molecule is C#CC(=O)NCC1(CC)CCCC1. The zero-order valence-electron chi connectivity index (χ0n) is 8.23. The Bertz CT molecular complexity index is 221. The molecule has 0 radical (unpaired) electrons. The van der Waals surface area contributed by atoms with Crippen LogP contribution in [0.2, 0.25) is 0 Å². The second-order valence-corrected chi connectivity index (χ2v) is 3.89.